The van der Waals surface area contributed by atoms with E-state index in [1.165, 1.54) is 0 Å². The Labute approximate surface area is 105 Å². The summed E-state index contributed by atoms with van der Waals surface area (Å²) >= 11 is 3.43. The van der Waals surface area contributed by atoms with E-state index in [0.29, 0.717) is 5.92 Å². The lowest BCUT2D eigenvalue weighted by Crippen LogP contribution is -1.90. The molecule has 1 heterocycles. The zero-order valence-corrected chi connectivity index (χ0v) is 11.1. The fourth-order valence-corrected chi connectivity index (χ4v) is 1.92. The molecular weight excluding hydrogens is 264 g/mol. The van der Waals surface area contributed by atoms with Gasteiger partial charge in [0.05, 0.1) is 0 Å². The Bertz CT molecular complexity index is 454. The lowest BCUT2D eigenvalue weighted by molar-refractivity contribution is 0.482. The molecule has 2 aromatic rings. The summed E-state index contributed by atoms with van der Waals surface area (Å²) in [6.07, 6.45) is 0.997. The van der Waals surface area contributed by atoms with Gasteiger partial charge in [0, 0.05) is 16.5 Å². The molecule has 0 amide bonds. The molecule has 0 fully saturated rings. The number of halogens is 1. The van der Waals surface area contributed by atoms with Crippen molar-refractivity contribution in [3.05, 3.63) is 46.6 Å². The van der Waals surface area contributed by atoms with Crippen LogP contribution < -0.4 is 0 Å². The van der Waals surface area contributed by atoms with Crippen molar-refractivity contribution in [3.63, 3.8) is 0 Å². The highest BCUT2D eigenvalue weighted by Gasteiger charge is 2.06. The molecule has 0 spiro atoms. The number of benzene rings is 1. The molecule has 2 rings (SSSR count). The Morgan fingerprint density at radius 2 is 1.75 bits per heavy atom. The van der Waals surface area contributed by atoms with Crippen LogP contribution >= 0.6 is 15.9 Å². The maximum absolute atomic E-state index is 5.81. The summed E-state index contributed by atoms with van der Waals surface area (Å²) in [5.74, 6) is 2.64. The average Bonchev–Trinajstić information content (AvgIpc) is 2.66. The topological polar surface area (TPSA) is 13.1 Å². The van der Waals surface area contributed by atoms with E-state index in [0.717, 1.165) is 28.0 Å². The molecular formula is C14H15BrO. The molecule has 0 unspecified atom stereocenters. The largest absolute Gasteiger partial charge is 0.461 e. The summed E-state index contributed by atoms with van der Waals surface area (Å²) in [5, 5.41) is 0. The lowest BCUT2D eigenvalue weighted by Gasteiger charge is -2.00. The zero-order chi connectivity index (χ0) is 11.5. The second kappa shape index (κ2) is 4.88. The molecule has 0 saturated carbocycles. The van der Waals surface area contributed by atoms with E-state index in [2.05, 4.69) is 48.0 Å². The molecule has 1 aromatic heterocycles. The predicted molar refractivity (Wildman–Crippen MR) is 70.4 cm³/mol. The fraction of sp³-hybridized carbons (Fsp3) is 0.286. The minimum Gasteiger partial charge on any atom is -0.461 e. The van der Waals surface area contributed by atoms with E-state index >= 15 is 0 Å². The van der Waals surface area contributed by atoms with Gasteiger partial charge >= 0.3 is 0 Å². The van der Waals surface area contributed by atoms with Gasteiger partial charge in [0.25, 0.3) is 0 Å². The molecule has 0 bridgehead atoms. The van der Waals surface area contributed by atoms with Gasteiger partial charge in [0.1, 0.15) is 11.5 Å². The van der Waals surface area contributed by atoms with Gasteiger partial charge < -0.3 is 4.42 Å². The van der Waals surface area contributed by atoms with Crippen molar-refractivity contribution in [3.8, 4) is 11.3 Å². The molecule has 2 heteroatoms. The van der Waals surface area contributed by atoms with E-state index in [1.54, 1.807) is 0 Å². The quantitative estimate of drug-likeness (QED) is 0.778. The minimum atomic E-state index is 0.629. The van der Waals surface area contributed by atoms with Gasteiger partial charge in [-0.15, -0.1) is 0 Å². The van der Waals surface area contributed by atoms with Gasteiger partial charge in [-0.1, -0.05) is 41.9 Å². The molecule has 0 aliphatic rings. The van der Waals surface area contributed by atoms with Crippen LogP contribution in [0.5, 0.6) is 0 Å². The van der Waals surface area contributed by atoms with Crippen LogP contribution in [0.25, 0.3) is 11.3 Å². The highest BCUT2D eigenvalue weighted by atomic mass is 79.9. The molecule has 1 aromatic carbocycles. The summed E-state index contributed by atoms with van der Waals surface area (Å²) in [7, 11) is 0. The third-order valence-corrected chi connectivity index (χ3v) is 2.93. The first kappa shape index (κ1) is 11.5. The van der Waals surface area contributed by atoms with Crippen molar-refractivity contribution >= 4 is 15.9 Å². The van der Waals surface area contributed by atoms with E-state index in [9.17, 15) is 0 Å². The first-order chi connectivity index (χ1) is 7.65. The standard InChI is InChI=1S/C14H15BrO/c1-10(2)9-13-7-8-14(16-13)11-3-5-12(15)6-4-11/h3-8,10H,9H2,1-2H3. The van der Waals surface area contributed by atoms with Gasteiger partial charge in [0.15, 0.2) is 0 Å². The van der Waals surface area contributed by atoms with Gasteiger partial charge in [-0.2, -0.15) is 0 Å². The van der Waals surface area contributed by atoms with Gasteiger partial charge in [-0.3, -0.25) is 0 Å². The zero-order valence-electron chi connectivity index (χ0n) is 9.53. The highest BCUT2D eigenvalue weighted by molar-refractivity contribution is 9.10. The third kappa shape index (κ3) is 2.76. The Kier molecular flexibility index (Phi) is 3.49. The van der Waals surface area contributed by atoms with Crippen LogP contribution in [-0.4, -0.2) is 0 Å². The molecule has 0 aliphatic heterocycles. The minimum absolute atomic E-state index is 0.629. The van der Waals surface area contributed by atoms with Crippen LogP contribution in [0.2, 0.25) is 0 Å². The maximum atomic E-state index is 5.81. The lowest BCUT2D eigenvalue weighted by atomic mass is 10.1. The number of hydrogen-bond donors (Lipinski definition) is 0. The van der Waals surface area contributed by atoms with Crippen molar-refractivity contribution in [1.82, 2.24) is 0 Å². The molecule has 0 N–H and O–H groups in total. The van der Waals surface area contributed by atoms with Crippen LogP contribution in [0.4, 0.5) is 0 Å². The summed E-state index contributed by atoms with van der Waals surface area (Å²) in [5.41, 5.74) is 1.12. The molecule has 84 valence electrons. The third-order valence-electron chi connectivity index (χ3n) is 2.40. The van der Waals surface area contributed by atoms with Crippen molar-refractivity contribution in [2.24, 2.45) is 5.92 Å². The predicted octanol–water partition coefficient (Wildman–Crippen LogP) is 4.91. The van der Waals surface area contributed by atoms with Gasteiger partial charge in [0.2, 0.25) is 0 Å². The molecule has 0 atom stereocenters. The maximum Gasteiger partial charge on any atom is 0.134 e. The monoisotopic (exact) mass is 278 g/mol. The first-order valence-electron chi connectivity index (χ1n) is 5.50. The Balaban J connectivity index is 2.21. The van der Waals surface area contributed by atoms with Crippen molar-refractivity contribution < 1.29 is 4.42 Å². The Morgan fingerprint density at radius 1 is 1.06 bits per heavy atom. The Morgan fingerprint density at radius 3 is 2.38 bits per heavy atom. The van der Waals surface area contributed by atoms with E-state index < -0.39 is 0 Å². The number of hydrogen-bond acceptors (Lipinski definition) is 1. The summed E-state index contributed by atoms with van der Waals surface area (Å²) in [4.78, 5) is 0. The normalized spacial score (nSPS) is 11.0. The summed E-state index contributed by atoms with van der Waals surface area (Å²) in [6, 6.07) is 12.3. The second-order valence-corrected chi connectivity index (χ2v) is 5.29. The molecule has 1 nitrogen and oxygen atoms in total. The number of rotatable bonds is 3. The molecule has 16 heavy (non-hydrogen) atoms. The van der Waals surface area contributed by atoms with Crippen molar-refractivity contribution in [2.45, 2.75) is 20.3 Å². The highest BCUT2D eigenvalue weighted by Crippen LogP contribution is 2.24. The molecule has 0 saturated heterocycles. The Hall–Kier alpha value is -1.02. The van der Waals surface area contributed by atoms with Crippen LogP contribution in [0.3, 0.4) is 0 Å². The summed E-state index contributed by atoms with van der Waals surface area (Å²) < 4.78 is 6.89. The van der Waals surface area contributed by atoms with Crippen molar-refractivity contribution in [2.75, 3.05) is 0 Å². The SMILES string of the molecule is CC(C)Cc1ccc(-c2ccc(Br)cc2)o1. The second-order valence-electron chi connectivity index (χ2n) is 4.37. The van der Waals surface area contributed by atoms with Gasteiger partial charge in [-0.25, -0.2) is 0 Å². The fourth-order valence-electron chi connectivity index (χ4n) is 1.66. The first-order valence-corrected chi connectivity index (χ1v) is 6.29. The van der Waals surface area contributed by atoms with E-state index in [1.807, 2.05) is 18.2 Å². The van der Waals surface area contributed by atoms with Crippen LogP contribution in [-0.2, 0) is 6.42 Å². The van der Waals surface area contributed by atoms with E-state index in [4.69, 9.17) is 4.42 Å². The summed E-state index contributed by atoms with van der Waals surface area (Å²) in [6.45, 7) is 4.39. The van der Waals surface area contributed by atoms with Crippen LogP contribution in [0.1, 0.15) is 19.6 Å². The van der Waals surface area contributed by atoms with Crippen LogP contribution in [0.15, 0.2) is 45.3 Å². The smallest absolute Gasteiger partial charge is 0.134 e. The average molecular weight is 279 g/mol. The molecule has 0 radical (unpaired) electrons. The van der Waals surface area contributed by atoms with E-state index in [-0.39, 0.29) is 0 Å². The van der Waals surface area contributed by atoms with Gasteiger partial charge in [-0.05, 0) is 30.2 Å². The number of furan rings is 1. The van der Waals surface area contributed by atoms with Crippen LogP contribution in [0, 0.1) is 5.92 Å². The van der Waals surface area contributed by atoms with Crippen molar-refractivity contribution in [1.29, 1.82) is 0 Å². The molecule has 0 aliphatic carbocycles.